The number of ether oxygens (including phenoxy) is 3. The summed E-state index contributed by atoms with van der Waals surface area (Å²) in [6.45, 7) is -0.163. The Morgan fingerprint density at radius 1 is 1.04 bits per heavy atom. The molecule has 7 heteroatoms. The Morgan fingerprint density at radius 2 is 1.77 bits per heavy atom. The van der Waals surface area contributed by atoms with Crippen LogP contribution in [0.15, 0.2) is 42.5 Å². The molecule has 0 aliphatic rings. The molecule has 0 saturated heterocycles. The fourth-order valence-electron chi connectivity index (χ4n) is 2.30. The number of hydrogen-bond acceptors (Lipinski definition) is 6. The average molecular weight is 357 g/mol. The lowest BCUT2D eigenvalue weighted by Gasteiger charge is -2.14. The van der Waals surface area contributed by atoms with Crippen molar-refractivity contribution in [1.82, 2.24) is 5.32 Å². The van der Waals surface area contributed by atoms with Gasteiger partial charge in [0.2, 0.25) is 0 Å². The van der Waals surface area contributed by atoms with Gasteiger partial charge in [-0.15, -0.1) is 0 Å². The van der Waals surface area contributed by atoms with E-state index in [1.807, 2.05) is 30.3 Å². The molecule has 26 heavy (non-hydrogen) atoms. The van der Waals surface area contributed by atoms with Crippen LogP contribution in [0, 0.1) is 0 Å². The van der Waals surface area contributed by atoms with Gasteiger partial charge >= 0.3 is 5.97 Å². The van der Waals surface area contributed by atoms with E-state index in [0.29, 0.717) is 12.8 Å². The Bertz CT molecular complexity index is 788. The molecular formula is C19H19NO6. The molecule has 0 aliphatic carbocycles. The molecule has 0 atom stereocenters. The smallest absolute Gasteiger partial charge is 0.343 e. The van der Waals surface area contributed by atoms with Gasteiger partial charge < -0.3 is 19.5 Å². The minimum atomic E-state index is -0.849. The summed E-state index contributed by atoms with van der Waals surface area (Å²) >= 11 is 0. The first-order valence-corrected chi connectivity index (χ1v) is 7.78. The zero-order chi connectivity index (χ0) is 18.9. The van der Waals surface area contributed by atoms with Crippen LogP contribution in [0.4, 0.5) is 0 Å². The Kier molecular flexibility index (Phi) is 6.73. The lowest BCUT2D eigenvalue weighted by Crippen LogP contribution is -2.28. The largest absolute Gasteiger partial charge is 0.493 e. The highest BCUT2D eigenvalue weighted by molar-refractivity contribution is 6.02. The lowest BCUT2D eigenvalue weighted by atomic mass is 10.1. The van der Waals surface area contributed by atoms with Gasteiger partial charge in [0.1, 0.15) is 5.56 Å². The topological polar surface area (TPSA) is 90.9 Å². The first-order chi connectivity index (χ1) is 12.6. The van der Waals surface area contributed by atoms with Crippen LogP contribution < -0.4 is 14.8 Å². The molecule has 0 heterocycles. The van der Waals surface area contributed by atoms with Crippen LogP contribution in [0.2, 0.25) is 0 Å². The second-order valence-electron chi connectivity index (χ2n) is 5.22. The van der Waals surface area contributed by atoms with Crippen molar-refractivity contribution in [3.63, 3.8) is 0 Å². The van der Waals surface area contributed by atoms with E-state index >= 15 is 0 Å². The summed E-state index contributed by atoms with van der Waals surface area (Å²) in [5.41, 5.74) is 0.917. The predicted molar refractivity (Wildman–Crippen MR) is 93.5 cm³/mol. The summed E-state index contributed by atoms with van der Waals surface area (Å²) in [5, 5.41) is 2.64. The van der Waals surface area contributed by atoms with Gasteiger partial charge in [-0.2, -0.15) is 0 Å². The van der Waals surface area contributed by atoms with E-state index < -0.39 is 18.5 Å². The van der Waals surface area contributed by atoms with Crippen molar-refractivity contribution in [2.75, 3.05) is 20.8 Å². The van der Waals surface area contributed by atoms with E-state index in [2.05, 4.69) is 5.32 Å². The number of nitrogens with one attached hydrogen (secondary N) is 1. The van der Waals surface area contributed by atoms with E-state index in [-0.39, 0.29) is 22.6 Å². The van der Waals surface area contributed by atoms with Crippen molar-refractivity contribution in [2.24, 2.45) is 0 Å². The lowest BCUT2D eigenvalue weighted by molar-refractivity contribution is -0.124. The number of amides is 1. The molecule has 7 nitrogen and oxygen atoms in total. The molecule has 0 bridgehead atoms. The summed E-state index contributed by atoms with van der Waals surface area (Å²) in [6, 6.07) is 12.2. The first-order valence-electron chi connectivity index (χ1n) is 7.78. The van der Waals surface area contributed by atoms with Crippen LogP contribution in [-0.2, 0) is 16.1 Å². The molecule has 2 aromatic rings. The highest BCUT2D eigenvalue weighted by Gasteiger charge is 2.23. The molecule has 0 aromatic heterocycles. The SMILES string of the molecule is COc1ccc(C=O)c(C(=O)OCC(=O)NCc2ccccc2)c1OC. The number of esters is 1. The molecule has 136 valence electrons. The van der Waals surface area contributed by atoms with Crippen LogP contribution in [0.3, 0.4) is 0 Å². The molecule has 0 saturated carbocycles. The number of aldehydes is 1. The molecule has 0 spiro atoms. The number of carbonyl (C=O) groups is 3. The van der Waals surface area contributed by atoms with Gasteiger partial charge in [-0.1, -0.05) is 30.3 Å². The van der Waals surface area contributed by atoms with Crippen molar-refractivity contribution in [3.8, 4) is 11.5 Å². The molecule has 0 radical (unpaired) electrons. The number of hydrogen-bond donors (Lipinski definition) is 1. The normalized spacial score (nSPS) is 9.92. The first kappa shape index (κ1) is 19.0. The maximum atomic E-state index is 12.4. The maximum Gasteiger partial charge on any atom is 0.343 e. The fraction of sp³-hybridized carbons (Fsp3) is 0.211. The van der Waals surface area contributed by atoms with E-state index in [0.717, 1.165) is 5.56 Å². The van der Waals surface area contributed by atoms with E-state index in [1.165, 1.54) is 26.4 Å². The number of carbonyl (C=O) groups excluding carboxylic acids is 3. The average Bonchev–Trinajstić information content (AvgIpc) is 2.69. The van der Waals surface area contributed by atoms with Crippen molar-refractivity contribution in [3.05, 3.63) is 59.2 Å². The second kappa shape index (κ2) is 9.22. The second-order valence-corrected chi connectivity index (χ2v) is 5.22. The predicted octanol–water partition coefficient (Wildman–Crippen LogP) is 1.99. The van der Waals surface area contributed by atoms with Crippen molar-refractivity contribution >= 4 is 18.2 Å². The van der Waals surface area contributed by atoms with Crippen LogP contribution in [0.5, 0.6) is 11.5 Å². The summed E-state index contributed by atoms with van der Waals surface area (Å²) < 4.78 is 15.3. The van der Waals surface area contributed by atoms with Gasteiger partial charge in [-0.25, -0.2) is 4.79 Å². The summed E-state index contributed by atoms with van der Waals surface area (Å²) in [6.07, 6.45) is 0.508. The third kappa shape index (κ3) is 4.60. The molecule has 0 fully saturated rings. The summed E-state index contributed by atoms with van der Waals surface area (Å²) in [5.74, 6) is -0.959. The van der Waals surface area contributed by atoms with Gasteiger partial charge in [-0.3, -0.25) is 9.59 Å². The number of benzene rings is 2. The molecule has 2 rings (SSSR count). The van der Waals surface area contributed by atoms with Gasteiger partial charge in [0.15, 0.2) is 24.4 Å². The van der Waals surface area contributed by atoms with Crippen molar-refractivity contribution < 1.29 is 28.6 Å². The van der Waals surface area contributed by atoms with Crippen LogP contribution in [0.25, 0.3) is 0 Å². The zero-order valence-electron chi connectivity index (χ0n) is 14.5. The Labute approximate surface area is 150 Å². The standard InChI is InChI=1S/C19H19NO6/c1-24-15-9-8-14(11-21)17(18(15)25-2)19(23)26-12-16(22)20-10-13-6-4-3-5-7-13/h3-9,11H,10,12H2,1-2H3,(H,20,22). The number of rotatable bonds is 8. The van der Waals surface area contributed by atoms with Gasteiger partial charge in [0.25, 0.3) is 5.91 Å². The van der Waals surface area contributed by atoms with E-state index in [4.69, 9.17) is 14.2 Å². The summed E-state index contributed by atoms with van der Waals surface area (Å²) in [4.78, 5) is 35.4. The van der Waals surface area contributed by atoms with E-state index in [1.54, 1.807) is 0 Å². The minimum absolute atomic E-state index is 0.0757. The van der Waals surface area contributed by atoms with Crippen LogP contribution in [0.1, 0.15) is 26.3 Å². The Hall–Kier alpha value is -3.35. The Balaban J connectivity index is 2.03. The molecule has 0 unspecified atom stereocenters. The maximum absolute atomic E-state index is 12.4. The fourth-order valence-corrected chi connectivity index (χ4v) is 2.30. The molecule has 0 aliphatic heterocycles. The van der Waals surface area contributed by atoms with Gasteiger partial charge in [-0.05, 0) is 17.7 Å². The van der Waals surface area contributed by atoms with Crippen molar-refractivity contribution in [2.45, 2.75) is 6.54 Å². The third-order valence-electron chi connectivity index (χ3n) is 3.58. The van der Waals surface area contributed by atoms with Crippen LogP contribution in [-0.4, -0.2) is 39.0 Å². The monoisotopic (exact) mass is 357 g/mol. The third-order valence-corrected chi connectivity index (χ3v) is 3.58. The Morgan fingerprint density at radius 3 is 2.38 bits per heavy atom. The highest BCUT2D eigenvalue weighted by atomic mass is 16.5. The quantitative estimate of drug-likeness (QED) is 0.574. The minimum Gasteiger partial charge on any atom is -0.493 e. The van der Waals surface area contributed by atoms with Gasteiger partial charge in [0.05, 0.1) is 14.2 Å². The molecule has 1 N–H and O–H groups in total. The molecule has 1 amide bonds. The van der Waals surface area contributed by atoms with Crippen LogP contribution >= 0.6 is 0 Å². The molecule has 2 aromatic carbocycles. The highest BCUT2D eigenvalue weighted by Crippen LogP contribution is 2.33. The van der Waals surface area contributed by atoms with E-state index in [9.17, 15) is 14.4 Å². The zero-order valence-corrected chi connectivity index (χ0v) is 14.5. The van der Waals surface area contributed by atoms with Crippen molar-refractivity contribution in [1.29, 1.82) is 0 Å². The molecular weight excluding hydrogens is 338 g/mol. The number of methoxy groups -OCH3 is 2. The van der Waals surface area contributed by atoms with Gasteiger partial charge in [0, 0.05) is 12.1 Å². The summed E-state index contributed by atoms with van der Waals surface area (Å²) in [7, 11) is 2.75.